The number of halogens is 2. The van der Waals surface area contributed by atoms with E-state index in [2.05, 4.69) is 31.2 Å². The van der Waals surface area contributed by atoms with Gasteiger partial charge < -0.3 is 4.74 Å². The molecule has 4 rings (SSSR count). The molecule has 1 aliphatic carbocycles. The minimum Gasteiger partial charge on any atom is -0.490 e. The van der Waals surface area contributed by atoms with Crippen molar-refractivity contribution in [3.63, 3.8) is 0 Å². The maximum absolute atomic E-state index is 14.8. The van der Waals surface area contributed by atoms with Gasteiger partial charge in [-0.25, -0.2) is 8.78 Å². The van der Waals surface area contributed by atoms with Gasteiger partial charge in [-0.1, -0.05) is 55.8 Å². The first-order valence-corrected chi connectivity index (χ1v) is 12.3. The van der Waals surface area contributed by atoms with Gasteiger partial charge in [0.25, 0.3) is 0 Å². The Morgan fingerprint density at radius 3 is 2.36 bits per heavy atom. The third kappa shape index (κ3) is 5.63. The van der Waals surface area contributed by atoms with Gasteiger partial charge in [0.2, 0.25) is 0 Å². The second-order valence-electron chi connectivity index (χ2n) is 9.29. The van der Waals surface area contributed by atoms with Crippen molar-refractivity contribution in [3.8, 4) is 5.75 Å². The van der Waals surface area contributed by atoms with Crippen molar-refractivity contribution in [2.24, 2.45) is 5.92 Å². The van der Waals surface area contributed by atoms with Crippen LogP contribution in [-0.4, -0.2) is 6.61 Å². The SMILES string of the molecule is CC=CCOc1ccc2cc(CCc3ccc(C4CCC(CC)CC4)cc3)c(F)c(F)c2c1. The van der Waals surface area contributed by atoms with E-state index < -0.39 is 11.6 Å². The quantitative estimate of drug-likeness (QED) is 0.314. The van der Waals surface area contributed by atoms with Gasteiger partial charge in [0.15, 0.2) is 11.6 Å². The molecule has 1 aliphatic rings. The summed E-state index contributed by atoms with van der Waals surface area (Å²) < 4.78 is 35.2. The zero-order valence-corrected chi connectivity index (χ0v) is 19.7. The first kappa shape index (κ1) is 23.5. The van der Waals surface area contributed by atoms with E-state index in [1.165, 1.54) is 37.7 Å². The molecule has 33 heavy (non-hydrogen) atoms. The van der Waals surface area contributed by atoms with Crippen LogP contribution in [0.4, 0.5) is 8.78 Å². The summed E-state index contributed by atoms with van der Waals surface area (Å²) in [5, 5.41) is 0.955. The fourth-order valence-electron chi connectivity index (χ4n) is 5.01. The topological polar surface area (TPSA) is 9.23 Å². The van der Waals surface area contributed by atoms with Gasteiger partial charge in [-0.2, -0.15) is 0 Å². The molecule has 3 aromatic rings. The average Bonchev–Trinajstić information content (AvgIpc) is 2.86. The van der Waals surface area contributed by atoms with Crippen LogP contribution in [0.3, 0.4) is 0 Å². The lowest BCUT2D eigenvalue weighted by atomic mass is 9.78. The molecule has 0 aromatic heterocycles. The van der Waals surface area contributed by atoms with Crippen LogP contribution in [0.25, 0.3) is 10.8 Å². The summed E-state index contributed by atoms with van der Waals surface area (Å²) in [6.07, 6.45) is 11.4. The second-order valence-corrected chi connectivity index (χ2v) is 9.29. The molecule has 0 aliphatic heterocycles. The molecule has 0 spiro atoms. The number of hydrogen-bond donors (Lipinski definition) is 0. The van der Waals surface area contributed by atoms with Gasteiger partial charge >= 0.3 is 0 Å². The molecule has 174 valence electrons. The van der Waals surface area contributed by atoms with Crippen LogP contribution in [0, 0.1) is 17.6 Å². The summed E-state index contributed by atoms with van der Waals surface area (Å²) in [7, 11) is 0. The predicted molar refractivity (Wildman–Crippen MR) is 133 cm³/mol. The largest absolute Gasteiger partial charge is 0.490 e. The molecule has 0 saturated heterocycles. The summed E-state index contributed by atoms with van der Waals surface area (Å²) in [6.45, 7) is 4.61. The Bertz CT molecular complexity index is 1090. The summed E-state index contributed by atoms with van der Waals surface area (Å²) in [6, 6.07) is 15.7. The van der Waals surface area contributed by atoms with Crippen molar-refractivity contribution in [2.45, 2.75) is 64.7 Å². The Hall–Kier alpha value is -2.68. The van der Waals surface area contributed by atoms with Crippen molar-refractivity contribution in [1.82, 2.24) is 0 Å². The van der Waals surface area contributed by atoms with E-state index >= 15 is 0 Å². The lowest BCUT2D eigenvalue weighted by Gasteiger charge is -2.28. The normalized spacial score (nSPS) is 18.8. The first-order valence-electron chi connectivity index (χ1n) is 12.3. The summed E-state index contributed by atoms with van der Waals surface area (Å²) >= 11 is 0. The Morgan fingerprint density at radius 2 is 1.67 bits per heavy atom. The van der Waals surface area contributed by atoms with Crippen LogP contribution < -0.4 is 4.74 Å². The average molecular weight is 449 g/mol. The lowest BCUT2D eigenvalue weighted by molar-refractivity contribution is 0.319. The summed E-state index contributed by atoms with van der Waals surface area (Å²) in [4.78, 5) is 0. The van der Waals surface area contributed by atoms with E-state index in [1.54, 1.807) is 24.3 Å². The van der Waals surface area contributed by atoms with Crippen molar-refractivity contribution in [2.75, 3.05) is 6.61 Å². The monoisotopic (exact) mass is 448 g/mol. The van der Waals surface area contributed by atoms with Crippen molar-refractivity contribution in [3.05, 3.63) is 89.0 Å². The number of benzene rings is 3. The first-order chi connectivity index (χ1) is 16.1. The Labute approximate surface area is 196 Å². The van der Waals surface area contributed by atoms with Crippen molar-refractivity contribution >= 4 is 10.8 Å². The van der Waals surface area contributed by atoms with E-state index in [1.807, 2.05) is 19.1 Å². The fourth-order valence-corrected chi connectivity index (χ4v) is 5.01. The van der Waals surface area contributed by atoms with Gasteiger partial charge in [-0.05, 0) is 97.6 Å². The van der Waals surface area contributed by atoms with Crippen molar-refractivity contribution < 1.29 is 13.5 Å². The van der Waals surface area contributed by atoms with E-state index in [0.717, 1.165) is 11.5 Å². The highest BCUT2D eigenvalue weighted by Gasteiger charge is 2.21. The summed E-state index contributed by atoms with van der Waals surface area (Å²) in [5.74, 6) is 0.556. The highest BCUT2D eigenvalue weighted by Crippen LogP contribution is 2.37. The third-order valence-corrected chi connectivity index (χ3v) is 7.21. The Balaban J connectivity index is 1.42. The Kier molecular flexibility index (Phi) is 7.80. The highest BCUT2D eigenvalue weighted by molar-refractivity contribution is 5.85. The molecular formula is C30H34F2O. The van der Waals surface area contributed by atoms with E-state index in [-0.39, 0.29) is 5.39 Å². The van der Waals surface area contributed by atoms with Gasteiger partial charge in [0.1, 0.15) is 12.4 Å². The molecule has 3 heteroatoms. The number of allylic oxidation sites excluding steroid dienone is 1. The lowest BCUT2D eigenvalue weighted by Crippen LogP contribution is -2.12. The molecule has 0 bridgehead atoms. The number of fused-ring (bicyclic) bond motifs is 1. The molecule has 0 heterocycles. The maximum Gasteiger partial charge on any atom is 0.167 e. The third-order valence-electron chi connectivity index (χ3n) is 7.21. The van der Waals surface area contributed by atoms with Crippen LogP contribution in [0.2, 0.25) is 0 Å². The van der Waals surface area contributed by atoms with Crippen LogP contribution in [0.15, 0.2) is 60.7 Å². The molecule has 1 nitrogen and oxygen atoms in total. The minimum absolute atomic E-state index is 0.261. The number of aryl methyl sites for hydroxylation is 2. The van der Waals surface area contributed by atoms with Crippen LogP contribution in [0.5, 0.6) is 5.75 Å². The highest BCUT2D eigenvalue weighted by atomic mass is 19.2. The maximum atomic E-state index is 14.8. The zero-order chi connectivity index (χ0) is 23.2. The van der Waals surface area contributed by atoms with Gasteiger partial charge in [0.05, 0.1) is 0 Å². The van der Waals surface area contributed by atoms with Gasteiger partial charge in [-0.15, -0.1) is 0 Å². The van der Waals surface area contributed by atoms with E-state index in [4.69, 9.17) is 4.74 Å². The molecule has 0 amide bonds. The smallest absolute Gasteiger partial charge is 0.167 e. The number of ether oxygens (including phenoxy) is 1. The zero-order valence-electron chi connectivity index (χ0n) is 19.7. The molecule has 3 aromatic carbocycles. The van der Waals surface area contributed by atoms with E-state index in [9.17, 15) is 8.78 Å². The van der Waals surface area contributed by atoms with Crippen LogP contribution in [0.1, 0.15) is 68.6 Å². The van der Waals surface area contributed by atoms with Gasteiger partial charge in [-0.3, -0.25) is 0 Å². The standard InChI is InChI=1S/C30H34F2O/c1-3-5-18-33-27-17-16-25-19-26(29(31)30(32)28(25)20-27)15-10-22-8-13-24(14-9-22)23-11-6-21(4-2)7-12-23/h3,5,8-9,13-14,16-17,19-21,23H,4,6-7,10-12,15,18H2,1-2H3. The molecule has 1 fully saturated rings. The molecular weight excluding hydrogens is 414 g/mol. The van der Waals surface area contributed by atoms with Gasteiger partial charge in [0, 0.05) is 5.39 Å². The molecule has 0 N–H and O–H groups in total. The summed E-state index contributed by atoms with van der Waals surface area (Å²) in [5.41, 5.74) is 3.00. The minimum atomic E-state index is -0.794. The number of rotatable bonds is 8. The predicted octanol–water partition coefficient (Wildman–Crippen LogP) is 8.54. The van der Waals surface area contributed by atoms with Crippen LogP contribution >= 0.6 is 0 Å². The van der Waals surface area contributed by atoms with Crippen LogP contribution in [-0.2, 0) is 12.8 Å². The molecule has 0 atom stereocenters. The van der Waals surface area contributed by atoms with E-state index in [0.29, 0.717) is 42.1 Å². The second kappa shape index (κ2) is 11.0. The molecule has 1 saturated carbocycles. The van der Waals surface area contributed by atoms with Crippen molar-refractivity contribution in [1.29, 1.82) is 0 Å². The molecule has 0 radical (unpaired) electrons. The molecule has 0 unspecified atom stereocenters. The Morgan fingerprint density at radius 1 is 0.909 bits per heavy atom. The fraction of sp³-hybridized carbons (Fsp3) is 0.400. The number of hydrogen-bond acceptors (Lipinski definition) is 1.